The molecule has 4 atom stereocenters. The molecular weight excluding hydrogens is 250 g/mol. The van der Waals surface area contributed by atoms with Gasteiger partial charge in [0.05, 0.1) is 13.2 Å². The maximum atomic E-state index is 6.25. The van der Waals surface area contributed by atoms with Crippen molar-refractivity contribution in [3.8, 4) is 11.5 Å². The predicted molar refractivity (Wildman–Crippen MR) is 82.2 cm³/mol. The summed E-state index contributed by atoms with van der Waals surface area (Å²) in [6, 6.07) is 5.88. The monoisotopic (exact) mass is 277 g/mol. The van der Waals surface area contributed by atoms with E-state index in [9.17, 15) is 0 Å². The number of methoxy groups -OCH3 is 1. The lowest BCUT2D eigenvalue weighted by Crippen LogP contribution is -2.29. The van der Waals surface area contributed by atoms with Gasteiger partial charge in [-0.25, -0.2) is 0 Å². The molecule has 3 heteroatoms. The fraction of sp³-hybridized carbons (Fsp3) is 0.647. The molecule has 0 radical (unpaired) electrons. The molecule has 3 nitrogen and oxygen atoms in total. The summed E-state index contributed by atoms with van der Waals surface area (Å²) >= 11 is 0. The molecule has 1 aromatic rings. The van der Waals surface area contributed by atoms with Crippen molar-refractivity contribution in [3.63, 3.8) is 0 Å². The highest BCUT2D eigenvalue weighted by molar-refractivity contribution is 5.42. The van der Waals surface area contributed by atoms with Crippen LogP contribution in [-0.2, 0) is 0 Å². The van der Waals surface area contributed by atoms with E-state index in [0.717, 1.165) is 41.7 Å². The third-order valence-corrected chi connectivity index (χ3v) is 4.55. The van der Waals surface area contributed by atoms with Crippen LogP contribution in [0.25, 0.3) is 0 Å². The number of rotatable bonds is 4. The molecular formula is C17H27NO2. The Hall–Kier alpha value is -1.22. The average Bonchev–Trinajstić information content (AvgIpc) is 2.42. The summed E-state index contributed by atoms with van der Waals surface area (Å²) in [6.45, 7) is 6.64. The van der Waals surface area contributed by atoms with Crippen molar-refractivity contribution in [3.05, 3.63) is 23.8 Å². The van der Waals surface area contributed by atoms with Crippen LogP contribution in [0.4, 0.5) is 0 Å². The van der Waals surface area contributed by atoms with Crippen LogP contribution in [-0.4, -0.2) is 13.2 Å². The van der Waals surface area contributed by atoms with E-state index in [0.29, 0.717) is 6.10 Å². The Bertz CT molecular complexity index is 445. The van der Waals surface area contributed by atoms with Crippen molar-refractivity contribution in [2.24, 2.45) is 17.6 Å². The Morgan fingerprint density at radius 3 is 2.55 bits per heavy atom. The smallest absolute Gasteiger partial charge is 0.128 e. The lowest BCUT2D eigenvalue weighted by molar-refractivity contribution is 0.0992. The van der Waals surface area contributed by atoms with Gasteiger partial charge in [-0.15, -0.1) is 0 Å². The Balaban J connectivity index is 2.15. The zero-order valence-corrected chi connectivity index (χ0v) is 13.1. The van der Waals surface area contributed by atoms with Gasteiger partial charge in [-0.1, -0.05) is 19.9 Å². The van der Waals surface area contributed by atoms with E-state index in [4.69, 9.17) is 15.2 Å². The minimum atomic E-state index is -0.0316. The van der Waals surface area contributed by atoms with E-state index in [1.807, 2.05) is 25.1 Å². The molecule has 0 bridgehead atoms. The summed E-state index contributed by atoms with van der Waals surface area (Å²) in [5.41, 5.74) is 7.09. The quantitative estimate of drug-likeness (QED) is 0.907. The first-order valence-electron chi connectivity index (χ1n) is 7.61. The molecule has 20 heavy (non-hydrogen) atoms. The minimum absolute atomic E-state index is 0.0316. The van der Waals surface area contributed by atoms with Gasteiger partial charge in [-0.2, -0.15) is 0 Å². The van der Waals surface area contributed by atoms with Gasteiger partial charge in [0.25, 0.3) is 0 Å². The Kier molecular flexibility index (Phi) is 4.92. The minimum Gasteiger partial charge on any atom is -0.497 e. The first-order chi connectivity index (χ1) is 9.51. The second-order valence-corrected chi connectivity index (χ2v) is 6.20. The lowest BCUT2D eigenvalue weighted by Gasteiger charge is -2.33. The van der Waals surface area contributed by atoms with E-state index in [1.165, 1.54) is 6.42 Å². The SMILES string of the molecule is COc1ccc([C@H](C)N)c(OC2CCC(C)C(C)C2)c1. The maximum absolute atomic E-state index is 6.25. The molecule has 1 aromatic carbocycles. The number of benzene rings is 1. The third-order valence-electron chi connectivity index (χ3n) is 4.55. The van der Waals surface area contributed by atoms with Crippen LogP contribution in [0.5, 0.6) is 11.5 Å². The average molecular weight is 277 g/mol. The number of hydrogen-bond acceptors (Lipinski definition) is 3. The molecule has 2 rings (SSSR count). The summed E-state index contributed by atoms with van der Waals surface area (Å²) in [4.78, 5) is 0. The first-order valence-corrected chi connectivity index (χ1v) is 7.61. The van der Waals surface area contributed by atoms with Crippen molar-refractivity contribution in [1.82, 2.24) is 0 Å². The van der Waals surface area contributed by atoms with Crippen molar-refractivity contribution < 1.29 is 9.47 Å². The maximum Gasteiger partial charge on any atom is 0.128 e. The fourth-order valence-electron chi connectivity index (χ4n) is 2.90. The van der Waals surface area contributed by atoms with E-state index < -0.39 is 0 Å². The molecule has 1 saturated carbocycles. The highest BCUT2D eigenvalue weighted by atomic mass is 16.5. The van der Waals surface area contributed by atoms with E-state index in [1.54, 1.807) is 7.11 Å². The van der Waals surface area contributed by atoms with E-state index >= 15 is 0 Å². The highest BCUT2D eigenvalue weighted by Crippen LogP contribution is 2.35. The van der Waals surface area contributed by atoms with Crippen molar-refractivity contribution in [1.29, 1.82) is 0 Å². The fourth-order valence-corrected chi connectivity index (χ4v) is 2.90. The topological polar surface area (TPSA) is 44.5 Å². The number of hydrogen-bond donors (Lipinski definition) is 1. The van der Waals surface area contributed by atoms with Gasteiger partial charge in [-0.3, -0.25) is 0 Å². The number of ether oxygens (including phenoxy) is 2. The molecule has 112 valence electrons. The highest BCUT2D eigenvalue weighted by Gasteiger charge is 2.26. The van der Waals surface area contributed by atoms with E-state index in [-0.39, 0.29) is 6.04 Å². The van der Waals surface area contributed by atoms with Gasteiger partial charge in [0.2, 0.25) is 0 Å². The zero-order chi connectivity index (χ0) is 14.7. The standard InChI is InChI=1S/C17H27NO2/c1-11-5-6-15(9-12(11)2)20-17-10-14(19-4)7-8-16(17)13(3)18/h7-8,10-13,15H,5-6,9,18H2,1-4H3/t11?,12?,13-,15?/m0/s1. The largest absolute Gasteiger partial charge is 0.497 e. The van der Waals surface area contributed by atoms with Crippen LogP contribution in [0.15, 0.2) is 18.2 Å². The predicted octanol–water partition coefficient (Wildman–Crippen LogP) is 3.92. The van der Waals surface area contributed by atoms with Crippen LogP contribution in [0, 0.1) is 11.8 Å². The number of nitrogens with two attached hydrogens (primary N) is 1. The molecule has 0 saturated heterocycles. The zero-order valence-electron chi connectivity index (χ0n) is 13.1. The van der Waals surface area contributed by atoms with Crippen LogP contribution in [0.3, 0.4) is 0 Å². The summed E-state index contributed by atoms with van der Waals surface area (Å²) < 4.78 is 11.5. The van der Waals surface area contributed by atoms with Gasteiger partial charge < -0.3 is 15.2 Å². The summed E-state index contributed by atoms with van der Waals surface area (Å²) in [7, 11) is 1.68. The molecule has 0 aromatic heterocycles. The molecule has 0 aliphatic heterocycles. The van der Waals surface area contributed by atoms with Crippen LogP contribution in [0.2, 0.25) is 0 Å². The molecule has 1 aliphatic rings. The van der Waals surface area contributed by atoms with Gasteiger partial charge in [-0.05, 0) is 44.1 Å². The van der Waals surface area contributed by atoms with Gasteiger partial charge >= 0.3 is 0 Å². The third kappa shape index (κ3) is 3.45. The lowest BCUT2D eigenvalue weighted by atomic mass is 9.80. The summed E-state index contributed by atoms with van der Waals surface area (Å²) in [5.74, 6) is 3.22. The van der Waals surface area contributed by atoms with E-state index in [2.05, 4.69) is 13.8 Å². The molecule has 0 amide bonds. The molecule has 0 spiro atoms. The second kappa shape index (κ2) is 6.49. The normalized spacial score (nSPS) is 27.9. The summed E-state index contributed by atoms with van der Waals surface area (Å²) in [5, 5.41) is 0. The molecule has 0 heterocycles. The molecule has 2 N–H and O–H groups in total. The van der Waals surface area contributed by atoms with Crippen LogP contribution in [0.1, 0.15) is 51.6 Å². The molecule has 1 aliphatic carbocycles. The Morgan fingerprint density at radius 1 is 1.20 bits per heavy atom. The van der Waals surface area contributed by atoms with Gasteiger partial charge in [0.15, 0.2) is 0 Å². The second-order valence-electron chi connectivity index (χ2n) is 6.20. The molecule has 3 unspecified atom stereocenters. The van der Waals surface area contributed by atoms with Crippen molar-refractivity contribution in [2.75, 3.05) is 7.11 Å². The Morgan fingerprint density at radius 2 is 1.95 bits per heavy atom. The first kappa shape index (κ1) is 15.2. The van der Waals surface area contributed by atoms with Crippen molar-refractivity contribution in [2.45, 2.75) is 52.2 Å². The van der Waals surface area contributed by atoms with Gasteiger partial charge in [0, 0.05) is 17.7 Å². The Labute approximate surface area is 122 Å². The van der Waals surface area contributed by atoms with Crippen LogP contribution >= 0.6 is 0 Å². The van der Waals surface area contributed by atoms with Crippen molar-refractivity contribution >= 4 is 0 Å². The summed E-state index contributed by atoms with van der Waals surface area (Å²) in [6.07, 6.45) is 3.78. The molecule has 1 fully saturated rings. The van der Waals surface area contributed by atoms with Gasteiger partial charge in [0.1, 0.15) is 11.5 Å². The van der Waals surface area contributed by atoms with Crippen LogP contribution < -0.4 is 15.2 Å².